The summed E-state index contributed by atoms with van der Waals surface area (Å²) in [5.74, 6) is 2.57. The van der Waals surface area contributed by atoms with Crippen LogP contribution >= 0.6 is 0 Å². The first kappa shape index (κ1) is 14.1. The van der Waals surface area contributed by atoms with Gasteiger partial charge in [-0.15, -0.1) is 0 Å². The van der Waals surface area contributed by atoms with E-state index in [1.807, 2.05) is 13.1 Å². The zero-order chi connectivity index (χ0) is 13.9. The average Bonchev–Trinajstić information content (AvgIpc) is 2.38. The van der Waals surface area contributed by atoms with Crippen LogP contribution in [0.5, 0.6) is 0 Å². The molecule has 5 nitrogen and oxygen atoms in total. The molecule has 2 N–H and O–H groups in total. The number of hydrogen-bond donors (Lipinski definition) is 2. The molecule has 0 bridgehead atoms. The first-order valence-electron chi connectivity index (χ1n) is 6.90. The molecule has 0 amide bonds. The molecule has 1 unspecified atom stereocenters. The lowest BCUT2D eigenvalue weighted by Gasteiger charge is -2.25. The van der Waals surface area contributed by atoms with Crippen LogP contribution < -0.4 is 10.6 Å². The Labute approximate surface area is 115 Å². The largest absolute Gasteiger partial charge is 0.379 e. The molecule has 1 aliphatic rings. The van der Waals surface area contributed by atoms with Gasteiger partial charge in [0.15, 0.2) is 0 Å². The highest BCUT2D eigenvalue weighted by Gasteiger charge is 2.20. The van der Waals surface area contributed by atoms with Crippen molar-refractivity contribution in [2.24, 2.45) is 0 Å². The predicted molar refractivity (Wildman–Crippen MR) is 77.7 cm³/mol. The topological polar surface area (TPSA) is 59.1 Å². The quantitative estimate of drug-likeness (QED) is 0.878. The van der Waals surface area contributed by atoms with E-state index in [4.69, 9.17) is 4.74 Å². The minimum Gasteiger partial charge on any atom is -0.379 e. The van der Waals surface area contributed by atoms with Gasteiger partial charge in [0.1, 0.15) is 17.5 Å². The summed E-state index contributed by atoms with van der Waals surface area (Å²) < 4.78 is 5.49. The van der Waals surface area contributed by atoms with E-state index in [0.29, 0.717) is 6.04 Å². The Balaban J connectivity index is 2.19. The van der Waals surface area contributed by atoms with Crippen LogP contribution in [0.15, 0.2) is 6.07 Å². The second-order valence-electron chi connectivity index (χ2n) is 6.02. The highest BCUT2D eigenvalue weighted by atomic mass is 16.5. The molecule has 1 fully saturated rings. The summed E-state index contributed by atoms with van der Waals surface area (Å²) in [7, 11) is 1.88. The van der Waals surface area contributed by atoms with Crippen LogP contribution in [0, 0.1) is 0 Å². The van der Waals surface area contributed by atoms with Crippen molar-refractivity contribution in [1.82, 2.24) is 9.97 Å². The first-order valence-corrected chi connectivity index (χ1v) is 6.90. The monoisotopic (exact) mass is 264 g/mol. The molecule has 1 saturated heterocycles. The lowest BCUT2D eigenvalue weighted by molar-refractivity contribution is 0.0875. The molecular weight excluding hydrogens is 240 g/mol. The summed E-state index contributed by atoms with van der Waals surface area (Å²) in [4.78, 5) is 9.15. The van der Waals surface area contributed by atoms with Gasteiger partial charge in [-0.3, -0.25) is 0 Å². The molecule has 5 heteroatoms. The average molecular weight is 264 g/mol. The van der Waals surface area contributed by atoms with Gasteiger partial charge in [0, 0.05) is 25.1 Å². The Morgan fingerprint density at radius 3 is 2.58 bits per heavy atom. The zero-order valence-corrected chi connectivity index (χ0v) is 12.3. The van der Waals surface area contributed by atoms with Crippen molar-refractivity contribution in [2.45, 2.75) is 45.1 Å². The van der Waals surface area contributed by atoms with Crippen LogP contribution in [0.25, 0.3) is 0 Å². The third kappa shape index (κ3) is 3.80. The molecule has 1 aromatic heterocycles. The van der Waals surface area contributed by atoms with Crippen LogP contribution in [0.3, 0.4) is 0 Å². The molecule has 2 rings (SSSR count). The van der Waals surface area contributed by atoms with Crippen molar-refractivity contribution in [3.8, 4) is 0 Å². The number of aromatic nitrogens is 2. The highest BCUT2D eigenvalue weighted by molar-refractivity contribution is 5.48. The second kappa shape index (κ2) is 5.74. The second-order valence-corrected chi connectivity index (χ2v) is 6.02. The van der Waals surface area contributed by atoms with Crippen molar-refractivity contribution in [2.75, 3.05) is 30.9 Å². The number of anilines is 2. The lowest BCUT2D eigenvalue weighted by atomic mass is 9.96. The fraction of sp³-hybridized carbons (Fsp3) is 0.714. The van der Waals surface area contributed by atoms with Crippen LogP contribution in [0.4, 0.5) is 11.6 Å². The fourth-order valence-corrected chi connectivity index (χ4v) is 2.05. The van der Waals surface area contributed by atoms with Crippen molar-refractivity contribution in [3.05, 3.63) is 11.9 Å². The van der Waals surface area contributed by atoms with E-state index in [-0.39, 0.29) is 5.41 Å². The maximum absolute atomic E-state index is 5.49. The molecule has 0 aliphatic carbocycles. The Hall–Kier alpha value is -1.36. The van der Waals surface area contributed by atoms with Gasteiger partial charge in [0.05, 0.1) is 12.6 Å². The van der Waals surface area contributed by atoms with Gasteiger partial charge in [0.2, 0.25) is 0 Å². The molecule has 0 spiro atoms. The van der Waals surface area contributed by atoms with Crippen molar-refractivity contribution in [3.63, 3.8) is 0 Å². The van der Waals surface area contributed by atoms with Gasteiger partial charge in [-0.25, -0.2) is 9.97 Å². The smallest absolute Gasteiger partial charge is 0.138 e. The minimum atomic E-state index is -0.0631. The van der Waals surface area contributed by atoms with Crippen molar-refractivity contribution >= 4 is 11.6 Å². The van der Waals surface area contributed by atoms with E-state index < -0.39 is 0 Å². The Morgan fingerprint density at radius 2 is 2.00 bits per heavy atom. The Kier molecular flexibility index (Phi) is 4.24. The molecule has 19 heavy (non-hydrogen) atoms. The molecule has 2 heterocycles. The van der Waals surface area contributed by atoms with Crippen LogP contribution in [-0.4, -0.2) is 36.3 Å². The summed E-state index contributed by atoms with van der Waals surface area (Å²) >= 11 is 0. The number of nitrogens with one attached hydrogen (secondary N) is 2. The molecule has 1 aliphatic heterocycles. The molecule has 0 radical (unpaired) electrons. The van der Waals surface area contributed by atoms with Gasteiger partial charge in [-0.2, -0.15) is 0 Å². The number of ether oxygens (including phenoxy) is 1. The highest BCUT2D eigenvalue weighted by Crippen LogP contribution is 2.23. The standard InChI is InChI=1S/C14H24N4O/c1-14(2,3)13-17-11(15-4)8-12(18-13)16-10-6-5-7-19-9-10/h8,10H,5-7,9H2,1-4H3,(H2,15,16,17,18). The van der Waals surface area contributed by atoms with Gasteiger partial charge >= 0.3 is 0 Å². The predicted octanol–water partition coefficient (Wildman–Crippen LogP) is 2.41. The van der Waals surface area contributed by atoms with Gasteiger partial charge in [-0.1, -0.05) is 20.8 Å². The van der Waals surface area contributed by atoms with E-state index in [1.54, 1.807) is 0 Å². The van der Waals surface area contributed by atoms with Gasteiger partial charge in [-0.05, 0) is 12.8 Å². The van der Waals surface area contributed by atoms with E-state index in [1.165, 1.54) is 0 Å². The molecule has 0 saturated carbocycles. The Bertz CT molecular complexity index is 422. The van der Waals surface area contributed by atoms with Crippen molar-refractivity contribution < 1.29 is 4.74 Å². The lowest BCUT2D eigenvalue weighted by Crippen LogP contribution is -2.31. The molecule has 1 atom stereocenters. The normalized spacial score (nSPS) is 20.1. The third-order valence-electron chi connectivity index (χ3n) is 3.17. The summed E-state index contributed by atoms with van der Waals surface area (Å²) in [6.45, 7) is 7.99. The van der Waals surface area contributed by atoms with Gasteiger partial charge in [0.25, 0.3) is 0 Å². The fourth-order valence-electron chi connectivity index (χ4n) is 2.05. The van der Waals surface area contributed by atoms with Crippen LogP contribution in [0.2, 0.25) is 0 Å². The maximum atomic E-state index is 5.49. The summed E-state index contributed by atoms with van der Waals surface area (Å²) in [5, 5.41) is 6.55. The zero-order valence-electron chi connectivity index (χ0n) is 12.3. The van der Waals surface area contributed by atoms with Crippen LogP contribution in [-0.2, 0) is 10.2 Å². The van der Waals surface area contributed by atoms with E-state index in [9.17, 15) is 0 Å². The number of nitrogens with zero attached hydrogens (tertiary/aromatic N) is 2. The van der Waals surface area contributed by atoms with Crippen molar-refractivity contribution in [1.29, 1.82) is 0 Å². The SMILES string of the molecule is CNc1cc(NC2CCCOC2)nc(C(C)(C)C)n1. The third-order valence-corrected chi connectivity index (χ3v) is 3.17. The number of hydrogen-bond acceptors (Lipinski definition) is 5. The van der Waals surface area contributed by atoms with E-state index in [0.717, 1.165) is 43.5 Å². The molecule has 106 valence electrons. The number of rotatable bonds is 3. The first-order chi connectivity index (χ1) is 8.99. The summed E-state index contributed by atoms with van der Waals surface area (Å²) in [5.41, 5.74) is -0.0631. The Morgan fingerprint density at radius 1 is 1.26 bits per heavy atom. The van der Waals surface area contributed by atoms with Crippen LogP contribution in [0.1, 0.15) is 39.4 Å². The maximum Gasteiger partial charge on any atom is 0.138 e. The molecule has 1 aromatic rings. The minimum absolute atomic E-state index is 0.0631. The van der Waals surface area contributed by atoms with Gasteiger partial charge < -0.3 is 15.4 Å². The molecule has 0 aromatic carbocycles. The summed E-state index contributed by atoms with van der Waals surface area (Å²) in [6, 6.07) is 2.30. The van der Waals surface area contributed by atoms with E-state index in [2.05, 4.69) is 41.4 Å². The molecular formula is C14H24N4O. The van der Waals surface area contributed by atoms with E-state index >= 15 is 0 Å². The summed E-state index contributed by atoms with van der Waals surface area (Å²) in [6.07, 6.45) is 2.23.